The van der Waals surface area contributed by atoms with Gasteiger partial charge >= 0.3 is 0 Å². The highest BCUT2D eigenvalue weighted by Gasteiger charge is 2.39. The zero-order chi connectivity index (χ0) is 17.3. The molecule has 126 valence electrons. The predicted octanol–water partition coefficient (Wildman–Crippen LogP) is 0.727. The molecule has 2 amide bonds. The Morgan fingerprint density at radius 2 is 1.78 bits per heavy atom. The van der Waals surface area contributed by atoms with E-state index < -0.39 is 15.4 Å². The summed E-state index contributed by atoms with van der Waals surface area (Å²) in [5.41, 5.74) is 1.71. The minimum Gasteiger partial charge on any atom is -0.348 e. The van der Waals surface area contributed by atoms with Gasteiger partial charge in [0.2, 0.25) is 5.91 Å². The number of hydrogen-bond acceptors (Lipinski definition) is 4. The van der Waals surface area contributed by atoms with Crippen LogP contribution in [-0.4, -0.2) is 43.8 Å². The molecule has 1 atom stereocenters. The summed E-state index contributed by atoms with van der Waals surface area (Å²) in [7, 11) is -3.09. The first-order chi connectivity index (χ1) is 10.6. The lowest BCUT2D eigenvalue weighted by Crippen LogP contribution is -2.50. The van der Waals surface area contributed by atoms with Gasteiger partial charge in [-0.05, 0) is 39.3 Å². The van der Waals surface area contributed by atoms with Gasteiger partial charge in [-0.25, -0.2) is 8.42 Å². The van der Waals surface area contributed by atoms with Gasteiger partial charge < -0.3 is 10.6 Å². The molecule has 1 aliphatic rings. The summed E-state index contributed by atoms with van der Waals surface area (Å²) in [5, 5.41) is 5.27. The number of benzene rings is 1. The minimum absolute atomic E-state index is 0.0588. The molecule has 0 aliphatic carbocycles. The maximum absolute atomic E-state index is 12.1. The minimum atomic E-state index is -3.09. The van der Waals surface area contributed by atoms with Crippen LogP contribution in [0.2, 0.25) is 0 Å². The average molecular weight is 338 g/mol. The van der Waals surface area contributed by atoms with Crippen molar-refractivity contribution in [2.24, 2.45) is 0 Å². The van der Waals surface area contributed by atoms with Gasteiger partial charge in [0.05, 0.1) is 23.6 Å². The van der Waals surface area contributed by atoms with E-state index in [0.717, 1.165) is 11.1 Å². The van der Waals surface area contributed by atoms with Crippen LogP contribution < -0.4 is 10.6 Å². The zero-order valence-electron chi connectivity index (χ0n) is 13.6. The highest BCUT2D eigenvalue weighted by molar-refractivity contribution is 7.91. The molecule has 0 aromatic heterocycles. The average Bonchev–Trinajstić information content (AvgIpc) is 2.68. The van der Waals surface area contributed by atoms with Crippen LogP contribution in [0.25, 0.3) is 0 Å². The highest BCUT2D eigenvalue weighted by Crippen LogP contribution is 2.22. The van der Waals surface area contributed by atoms with Crippen LogP contribution in [0.1, 0.15) is 34.8 Å². The van der Waals surface area contributed by atoms with E-state index in [1.54, 1.807) is 19.1 Å². The molecule has 7 heteroatoms. The van der Waals surface area contributed by atoms with Gasteiger partial charge in [0, 0.05) is 5.56 Å². The van der Waals surface area contributed by atoms with Crippen molar-refractivity contribution in [2.45, 2.75) is 32.7 Å². The lowest BCUT2D eigenvalue weighted by atomic mass is 10.0. The molecule has 0 bridgehead atoms. The van der Waals surface area contributed by atoms with Gasteiger partial charge in [0.15, 0.2) is 9.84 Å². The van der Waals surface area contributed by atoms with E-state index in [9.17, 15) is 18.0 Å². The lowest BCUT2D eigenvalue weighted by molar-refractivity contribution is -0.121. The summed E-state index contributed by atoms with van der Waals surface area (Å²) in [4.78, 5) is 24.1. The quantitative estimate of drug-likeness (QED) is 0.846. The van der Waals surface area contributed by atoms with Gasteiger partial charge in [-0.3, -0.25) is 9.59 Å². The predicted molar refractivity (Wildman–Crippen MR) is 88.1 cm³/mol. The van der Waals surface area contributed by atoms with Gasteiger partial charge in [-0.1, -0.05) is 17.2 Å². The maximum atomic E-state index is 12.1. The Morgan fingerprint density at radius 1 is 1.17 bits per heavy atom. The van der Waals surface area contributed by atoms with Crippen LogP contribution in [0.15, 0.2) is 18.2 Å². The number of carbonyl (C=O) groups excluding carboxylic acids is 2. The fourth-order valence-corrected chi connectivity index (χ4v) is 4.95. The topological polar surface area (TPSA) is 92.3 Å². The molecule has 0 saturated carbocycles. The molecule has 6 nitrogen and oxygen atoms in total. The summed E-state index contributed by atoms with van der Waals surface area (Å²) in [6.45, 7) is 5.33. The highest BCUT2D eigenvalue weighted by atomic mass is 32.2. The first-order valence-electron chi connectivity index (χ1n) is 7.47. The van der Waals surface area contributed by atoms with Crippen LogP contribution in [0.4, 0.5) is 0 Å². The van der Waals surface area contributed by atoms with Crippen LogP contribution in [0.3, 0.4) is 0 Å². The smallest absolute Gasteiger partial charge is 0.251 e. The van der Waals surface area contributed by atoms with E-state index in [2.05, 4.69) is 10.6 Å². The van der Waals surface area contributed by atoms with Crippen LogP contribution in [-0.2, 0) is 14.6 Å². The molecular weight excluding hydrogens is 316 g/mol. The van der Waals surface area contributed by atoms with E-state index in [4.69, 9.17) is 0 Å². The Morgan fingerprint density at radius 3 is 2.30 bits per heavy atom. The van der Waals surface area contributed by atoms with Crippen molar-refractivity contribution in [3.63, 3.8) is 0 Å². The molecule has 1 aliphatic heterocycles. The van der Waals surface area contributed by atoms with E-state index in [0.29, 0.717) is 12.0 Å². The molecule has 2 N–H and O–H groups in total. The third-order valence-corrected chi connectivity index (χ3v) is 5.74. The van der Waals surface area contributed by atoms with Gasteiger partial charge in [0.25, 0.3) is 5.91 Å². The molecule has 23 heavy (non-hydrogen) atoms. The maximum Gasteiger partial charge on any atom is 0.251 e. The molecule has 1 fully saturated rings. The molecule has 1 saturated heterocycles. The van der Waals surface area contributed by atoms with Crippen molar-refractivity contribution in [1.29, 1.82) is 0 Å². The summed E-state index contributed by atoms with van der Waals surface area (Å²) in [5.74, 6) is -0.686. The summed E-state index contributed by atoms with van der Waals surface area (Å²) >= 11 is 0. The standard InChI is InChI=1S/C16H22N2O4S/c1-11-6-12(2)8-13(7-11)15(20)17-9-14(19)18-16(3)4-5-23(21,22)10-16/h6-8H,4-5,9-10H2,1-3H3,(H,17,20)(H,18,19). The normalized spacial score (nSPS) is 22.6. The number of amides is 2. The second kappa shape index (κ2) is 6.31. The zero-order valence-corrected chi connectivity index (χ0v) is 14.4. The number of hydrogen-bond donors (Lipinski definition) is 2. The van der Waals surface area contributed by atoms with Crippen LogP contribution in [0, 0.1) is 13.8 Å². The molecule has 1 aromatic rings. The van der Waals surface area contributed by atoms with E-state index in [1.807, 2.05) is 19.9 Å². The third kappa shape index (κ3) is 4.79. The Labute approximate surface area is 136 Å². The second-order valence-electron chi connectivity index (χ2n) is 6.51. The van der Waals surface area contributed by atoms with Crippen molar-refractivity contribution in [2.75, 3.05) is 18.1 Å². The van der Waals surface area contributed by atoms with Crippen molar-refractivity contribution >= 4 is 21.7 Å². The molecular formula is C16H22N2O4S. The van der Waals surface area contributed by atoms with E-state index in [1.165, 1.54) is 0 Å². The number of rotatable bonds is 4. The van der Waals surface area contributed by atoms with Gasteiger partial charge in [0.1, 0.15) is 0 Å². The molecule has 0 spiro atoms. The Balaban J connectivity index is 1.90. The monoisotopic (exact) mass is 338 g/mol. The molecule has 2 rings (SSSR count). The first kappa shape index (κ1) is 17.5. The largest absolute Gasteiger partial charge is 0.348 e. The SMILES string of the molecule is Cc1cc(C)cc(C(=O)NCC(=O)NC2(C)CCS(=O)(=O)C2)c1. The second-order valence-corrected chi connectivity index (χ2v) is 8.69. The van der Waals surface area contributed by atoms with Gasteiger partial charge in [-0.2, -0.15) is 0 Å². The fourth-order valence-electron chi connectivity index (χ4n) is 2.86. The number of sulfone groups is 1. The number of carbonyl (C=O) groups is 2. The lowest BCUT2D eigenvalue weighted by Gasteiger charge is -2.23. The third-order valence-electron chi connectivity index (χ3n) is 3.84. The van der Waals surface area contributed by atoms with Crippen molar-refractivity contribution in [1.82, 2.24) is 10.6 Å². The molecule has 0 radical (unpaired) electrons. The number of aryl methyl sites for hydroxylation is 2. The Kier molecular flexibility index (Phi) is 4.79. The Bertz CT molecular complexity index is 722. The Hall–Kier alpha value is -1.89. The van der Waals surface area contributed by atoms with Crippen LogP contribution in [0.5, 0.6) is 0 Å². The van der Waals surface area contributed by atoms with Crippen molar-refractivity contribution in [3.05, 3.63) is 34.9 Å². The van der Waals surface area contributed by atoms with Crippen molar-refractivity contribution < 1.29 is 18.0 Å². The molecule has 1 aromatic carbocycles. The van der Waals surface area contributed by atoms with Gasteiger partial charge in [-0.15, -0.1) is 0 Å². The fraction of sp³-hybridized carbons (Fsp3) is 0.500. The molecule has 1 unspecified atom stereocenters. The number of nitrogens with one attached hydrogen (secondary N) is 2. The van der Waals surface area contributed by atoms with Crippen LogP contribution >= 0.6 is 0 Å². The van der Waals surface area contributed by atoms with E-state index in [-0.39, 0.29) is 29.9 Å². The summed E-state index contributed by atoms with van der Waals surface area (Å²) < 4.78 is 23.0. The first-order valence-corrected chi connectivity index (χ1v) is 9.29. The van der Waals surface area contributed by atoms with Crippen molar-refractivity contribution in [3.8, 4) is 0 Å². The summed E-state index contributed by atoms with van der Waals surface area (Å²) in [6.07, 6.45) is 0.395. The van der Waals surface area contributed by atoms with E-state index >= 15 is 0 Å². The molecule has 1 heterocycles. The summed E-state index contributed by atoms with van der Waals surface area (Å²) in [6, 6.07) is 5.47.